The summed E-state index contributed by atoms with van der Waals surface area (Å²) in [4.78, 5) is 17.7. The summed E-state index contributed by atoms with van der Waals surface area (Å²) in [6.07, 6.45) is 4.38. The van der Waals surface area contributed by atoms with Crippen LogP contribution in [0.25, 0.3) is 0 Å². The van der Waals surface area contributed by atoms with Crippen LogP contribution in [0.3, 0.4) is 0 Å². The molecule has 1 aromatic rings. The van der Waals surface area contributed by atoms with E-state index in [-0.39, 0.29) is 12.2 Å². The van der Waals surface area contributed by atoms with E-state index in [9.17, 15) is 4.79 Å². The van der Waals surface area contributed by atoms with Crippen molar-refractivity contribution in [1.82, 2.24) is 4.90 Å². The minimum Gasteiger partial charge on any atom is -0.371 e. The van der Waals surface area contributed by atoms with E-state index in [1.807, 2.05) is 4.90 Å². The van der Waals surface area contributed by atoms with E-state index in [1.54, 1.807) is 0 Å². The number of rotatable bonds is 3. The molecular formula is C20H28N2O3. The van der Waals surface area contributed by atoms with Crippen molar-refractivity contribution in [2.45, 2.75) is 38.9 Å². The minimum atomic E-state index is -0.133. The van der Waals surface area contributed by atoms with Crippen molar-refractivity contribution in [2.24, 2.45) is 5.92 Å². The Bertz CT molecular complexity index is 621. The largest absolute Gasteiger partial charge is 0.371 e. The number of anilines is 1. The second-order valence-corrected chi connectivity index (χ2v) is 7.48. The van der Waals surface area contributed by atoms with Gasteiger partial charge < -0.3 is 19.3 Å². The van der Waals surface area contributed by atoms with Gasteiger partial charge in [-0.2, -0.15) is 0 Å². The number of nitrogens with zero attached hydrogens (tertiary/aromatic N) is 2. The zero-order valence-corrected chi connectivity index (χ0v) is 15.1. The molecule has 3 saturated heterocycles. The number of carbonyl (C=O) groups excluding carboxylic acids is 1. The highest BCUT2D eigenvalue weighted by Gasteiger charge is 2.34. The predicted octanol–water partition coefficient (Wildman–Crippen LogP) is 2.82. The molecule has 25 heavy (non-hydrogen) atoms. The maximum absolute atomic E-state index is 13.3. The number of benzene rings is 1. The Kier molecular flexibility index (Phi) is 4.95. The Labute approximate surface area is 149 Å². The highest BCUT2D eigenvalue weighted by molar-refractivity contribution is 6.00. The first-order chi connectivity index (χ1) is 12.2. The number of hydrogen-bond acceptors (Lipinski definition) is 4. The summed E-state index contributed by atoms with van der Waals surface area (Å²) in [6, 6.07) is 6.30. The van der Waals surface area contributed by atoms with Gasteiger partial charge in [-0.3, -0.25) is 4.79 Å². The Hall–Kier alpha value is -1.59. The van der Waals surface area contributed by atoms with E-state index in [0.29, 0.717) is 19.1 Å². The minimum absolute atomic E-state index is 0.133. The van der Waals surface area contributed by atoms with Crippen LogP contribution < -0.4 is 4.90 Å². The standard InChI is InChI=1S/C20H28N2O3/c1-15-6-7-18(21-8-2-3-9-21)17(13-15)19(23)22-10-4-5-16(14-22)20-24-11-12-25-20/h6-7,13,16,20H,2-5,8-12,14H2,1H3/t16-/m0/s1. The monoisotopic (exact) mass is 344 g/mol. The summed E-state index contributed by atoms with van der Waals surface area (Å²) in [5.41, 5.74) is 3.10. The predicted molar refractivity (Wildman–Crippen MR) is 96.9 cm³/mol. The Balaban J connectivity index is 1.54. The molecule has 3 heterocycles. The van der Waals surface area contributed by atoms with Gasteiger partial charge in [-0.05, 0) is 44.7 Å². The van der Waals surface area contributed by atoms with Gasteiger partial charge in [-0.15, -0.1) is 0 Å². The lowest BCUT2D eigenvalue weighted by atomic mass is 9.96. The van der Waals surface area contributed by atoms with E-state index in [4.69, 9.17) is 9.47 Å². The van der Waals surface area contributed by atoms with Crippen molar-refractivity contribution < 1.29 is 14.3 Å². The van der Waals surface area contributed by atoms with Crippen LogP contribution in [0.1, 0.15) is 41.6 Å². The zero-order chi connectivity index (χ0) is 17.2. The van der Waals surface area contributed by atoms with Crippen molar-refractivity contribution in [1.29, 1.82) is 0 Å². The molecule has 0 aliphatic carbocycles. The van der Waals surface area contributed by atoms with Crippen LogP contribution in [0.4, 0.5) is 5.69 Å². The quantitative estimate of drug-likeness (QED) is 0.846. The van der Waals surface area contributed by atoms with Gasteiger partial charge in [0.2, 0.25) is 0 Å². The number of aryl methyl sites for hydroxylation is 1. The van der Waals surface area contributed by atoms with Crippen LogP contribution in [0.2, 0.25) is 0 Å². The molecule has 3 aliphatic heterocycles. The van der Waals surface area contributed by atoms with Gasteiger partial charge >= 0.3 is 0 Å². The molecule has 0 aromatic heterocycles. The molecule has 5 heteroatoms. The normalized spacial score (nSPS) is 24.9. The van der Waals surface area contributed by atoms with E-state index in [1.165, 1.54) is 12.8 Å². The topological polar surface area (TPSA) is 42.0 Å². The molecule has 0 N–H and O–H groups in total. The fourth-order valence-corrected chi connectivity index (χ4v) is 4.29. The third kappa shape index (κ3) is 3.53. The molecule has 3 aliphatic rings. The molecule has 4 rings (SSSR count). The molecule has 136 valence electrons. The smallest absolute Gasteiger partial charge is 0.255 e. The average Bonchev–Trinajstić information content (AvgIpc) is 3.35. The molecule has 3 fully saturated rings. The van der Waals surface area contributed by atoms with Crippen LogP contribution >= 0.6 is 0 Å². The van der Waals surface area contributed by atoms with E-state index < -0.39 is 0 Å². The summed E-state index contributed by atoms with van der Waals surface area (Å²) in [6.45, 7) is 7.07. The molecular weight excluding hydrogens is 316 g/mol. The molecule has 1 amide bonds. The van der Waals surface area contributed by atoms with Crippen LogP contribution in [0.15, 0.2) is 18.2 Å². The summed E-state index contributed by atoms with van der Waals surface area (Å²) >= 11 is 0. The van der Waals surface area contributed by atoms with Crippen LogP contribution in [-0.2, 0) is 9.47 Å². The number of ether oxygens (including phenoxy) is 2. The molecule has 1 aromatic carbocycles. The lowest BCUT2D eigenvalue weighted by Gasteiger charge is -2.35. The number of hydrogen-bond donors (Lipinski definition) is 0. The molecule has 0 radical (unpaired) electrons. The van der Waals surface area contributed by atoms with Crippen molar-refractivity contribution >= 4 is 11.6 Å². The van der Waals surface area contributed by atoms with Gasteiger partial charge in [0.25, 0.3) is 5.91 Å². The summed E-state index contributed by atoms with van der Waals surface area (Å²) in [5, 5.41) is 0. The maximum Gasteiger partial charge on any atom is 0.255 e. The van der Waals surface area contributed by atoms with E-state index in [2.05, 4.69) is 30.0 Å². The lowest BCUT2D eigenvalue weighted by Crippen LogP contribution is -2.44. The first-order valence-electron chi connectivity index (χ1n) is 9.60. The molecule has 0 spiro atoms. The summed E-state index contributed by atoms with van der Waals surface area (Å²) in [7, 11) is 0. The van der Waals surface area contributed by atoms with Crippen molar-refractivity contribution in [2.75, 3.05) is 44.3 Å². The highest BCUT2D eigenvalue weighted by Crippen LogP contribution is 2.30. The molecule has 0 saturated carbocycles. The van der Waals surface area contributed by atoms with E-state index in [0.717, 1.165) is 55.8 Å². The van der Waals surface area contributed by atoms with Crippen molar-refractivity contribution in [3.8, 4) is 0 Å². The second kappa shape index (κ2) is 7.34. The molecule has 0 unspecified atom stereocenters. The van der Waals surface area contributed by atoms with Crippen LogP contribution in [0, 0.1) is 12.8 Å². The van der Waals surface area contributed by atoms with Gasteiger partial charge in [-0.1, -0.05) is 11.6 Å². The second-order valence-electron chi connectivity index (χ2n) is 7.48. The average molecular weight is 344 g/mol. The first kappa shape index (κ1) is 16.9. The third-order valence-corrected chi connectivity index (χ3v) is 5.61. The Morgan fingerprint density at radius 1 is 1.08 bits per heavy atom. The van der Waals surface area contributed by atoms with Gasteiger partial charge in [0.1, 0.15) is 0 Å². The molecule has 5 nitrogen and oxygen atoms in total. The molecule has 1 atom stereocenters. The van der Waals surface area contributed by atoms with Gasteiger partial charge in [-0.25, -0.2) is 0 Å². The van der Waals surface area contributed by atoms with Crippen molar-refractivity contribution in [3.05, 3.63) is 29.3 Å². The first-order valence-corrected chi connectivity index (χ1v) is 9.60. The summed E-state index contributed by atoms with van der Waals surface area (Å²) in [5.74, 6) is 0.452. The number of piperidine rings is 1. The fourth-order valence-electron chi connectivity index (χ4n) is 4.29. The maximum atomic E-state index is 13.3. The number of carbonyl (C=O) groups is 1. The zero-order valence-electron chi connectivity index (χ0n) is 15.1. The van der Waals surface area contributed by atoms with Gasteiger partial charge in [0.15, 0.2) is 6.29 Å². The highest BCUT2D eigenvalue weighted by atomic mass is 16.7. The molecule has 0 bridgehead atoms. The van der Waals surface area contributed by atoms with Crippen LogP contribution in [-0.4, -0.2) is 56.5 Å². The lowest BCUT2D eigenvalue weighted by molar-refractivity contribution is -0.0969. The van der Waals surface area contributed by atoms with Crippen molar-refractivity contribution in [3.63, 3.8) is 0 Å². The van der Waals surface area contributed by atoms with Gasteiger partial charge in [0.05, 0.1) is 18.8 Å². The Morgan fingerprint density at radius 2 is 1.84 bits per heavy atom. The number of likely N-dealkylation sites (tertiary alicyclic amines) is 1. The third-order valence-electron chi connectivity index (χ3n) is 5.61. The van der Waals surface area contributed by atoms with E-state index >= 15 is 0 Å². The van der Waals surface area contributed by atoms with Crippen LogP contribution in [0.5, 0.6) is 0 Å². The number of amides is 1. The SMILES string of the molecule is Cc1ccc(N2CCCC2)c(C(=O)N2CCC[C@H](C3OCCO3)C2)c1. The Morgan fingerprint density at radius 3 is 2.60 bits per heavy atom. The fraction of sp³-hybridized carbons (Fsp3) is 0.650. The van der Waals surface area contributed by atoms with Gasteiger partial charge in [0, 0.05) is 37.8 Å². The summed E-state index contributed by atoms with van der Waals surface area (Å²) < 4.78 is 11.4.